The first-order chi connectivity index (χ1) is 21.5. The molecule has 1 aliphatic carbocycles. The van der Waals surface area contributed by atoms with E-state index in [1.54, 1.807) is 13.0 Å². The van der Waals surface area contributed by atoms with Crippen LogP contribution in [0.5, 0.6) is 28.7 Å². The largest absolute Gasteiger partial charge is 0.507 e. The fourth-order valence-electron chi connectivity index (χ4n) is 7.42. The second kappa shape index (κ2) is 11.8. The highest BCUT2D eigenvalue weighted by Crippen LogP contribution is 2.56. The molecule has 0 radical (unpaired) electrons. The number of aliphatic hydroxyl groups is 1. The van der Waals surface area contributed by atoms with E-state index in [4.69, 9.17) is 30.5 Å². The third kappa shape index (κ3) is 4.96. The van der Waals surface area contributed by atoms with Crippen LogP contribution in [0.15, 0.2) is 35.6 Å². The maximum Gasteiger partial charge on any atom is 0.231 e. The number of allylic oxidation sites excluding steroid dienone is 1. The number of amides is 1. The number of methoxy groups -OCH3 is 3. The number of ketones is 2. The Morgan fingerprint density at radius 1 is 1.09 bits per heavy atom. The molecule has 2 aromatic carbocycles. The zero-order chi connectivity index (χ0) is 32.2. The summed E-state index contributed by atoms with van der Waals surface area (Å²) in [5.74, 6) is -3.02. The summed E-state index contributed by atoms with van der Waals surface area (Å²) < 4.78 is 22.5. The van der Waals surface area contributed by atoms with Gasteiger partial charge in [-0.3, -0.25) is 14.4 Å². The topological polar surface area (TPSA) is 144 Å². The number of rotatable bonds is 8. The Kier molecular flexibility index (Phi) is 8.11. The molecule has 240 valence electrons. The highest BCUT2D eigenvalue weighted by molar-refractivity contribution is 6.35. The molecular formula is C33H37ClN2O9. The number of carbonyl (C=O) groups excluding carboxylic acids is 3. The molecule has 2 unspecified atom stereocenters. The highest BCUT2D eigenvalue weighted by atomic mass is 35.5. The van der Waals surface area contributed by atoms with Crippen LogP contribution in [0.2, 0.25) is 5.02 Å². The van der Waals surface area contributed by atoms with Gasteiger partial charge in [-0.1, -0.05) is 24.6 Å². The first kappa shape index (κ1) is 31.0. The van der Waals surface area contributed by atoms with Crippen molar-refractivity contribution in [2.24, 2.45) is 11.8 Å². The van der Waals surface area contributed by atoms with Gasteiger partial charge in [0.15, 0.2) is 28.8 Å². The molecule has 5 aliphatic rings. The summed E-state index contributed by atoms with van der Waals surface area (Å²) >= 11 is 6.59. The number of carbonyl (C=O) groups is 3. The number of nitrogens with one attached hydrogen (secondary N) is 1. The Morgan fingerprint density at radius 2 is 1.78 bits per heavy atom. The Hall–Kier alpha value is -3.96. The summed E-state index contributed by atoms with van der Waals surface area (Å²) in [7, 11) is 4.19. The fourth-order valence-corrected chi connectivity index (χ4v) is 7.68. The third-order valence-corrected chi connectivity index (χ3v) is 10.2. The van der Waals surface area contributed by atoms with Gasteiger partial charge in [-0.25, -0.2) is 0 Å². The van der Waals surface area contributed by atoms with Crippen LogP contribution in [0.4, 0.5) is 0 Å². The van der Waals surface area contributed by atoms with Gasteiger partial charge in [0.1, 0.15) is 22.1 Å². The second-order valence-electron chi connectivity index (χ2n) is 12.3. The number of ether oxygens (including phenoxy) is 4. The van der Waals surface area contributed by atoms with E-state index in [0.717, 1.165) is 32.5 Å². The van der Waals surface area contributed by atoms with E-state index >= 15 is 0 Å². The van der Waals surface area contributed by atoms with Crippen LogP contribution in [-0.2, 0) is 9.59 Å². The van der Waals surface area contributed by atoms with Crippen molar-refractivity contribution in [1.29, 1.82) is 0 Å². The van der Waals surface area contributed by atoms with E-state index in [-0.39, 0.29) is 69.7 Å². The highest BCUT2D eigenvalue weighted by Gasteiger charge is 2.61. The monoisotopic (exact) mass is 640 g/mol. The van der Waals surface area contributed by atoms with Crippen molar-refractivity contribution in [3.05, 3.63) is 51.7 Å². The summed E-state index contributed by atoms with van der Waals surface area (Å²) in [6.45, 7) is 4.43. The van der Waals surface area contributed by atoms with Crippen molar-refractivity contribution in [3.63, 3.8) is 0 Å². The lowest BCUT2D eigenvalue weighted by Crippen LogP contribution is -2.57. The van der Waals surface area contributed by atoms with Gasteiger partial charge in [0.2, 0.25) is 17.3 Å². The van der Waals surface area contributed by atoms with Gasteiger partial charge < -0.3 is 39.4 Å². The number of phenolic OH excluding ortho intramolecular Hbond substituents is 1. The molecule has 0 aromatic heterocycles. The zero-order valence-corrected chi connectivity index (χ0v) is 26.4. The van der Waals surface area contributed by atoms with Gasteiger partial charge in [0, 0.05) is 48.9 Å². The maximum absolute atomic E-state index is 14.3. The van der Waals surface area contributed by atoms with E-state index in [1.165, 1.54) is 39.5 Å². The molecule has 7 rings (SSSR count). The van der Waals surface area contributed by atoms with Gasteiger partial charge in [0.05, 0.1) is 21.3 Å². The SMILES string of the molecule is COc1cc(C(CC(=O)NC2CN3CCC2CC3)C2=C(O)[C@@]3(Oc4c(Cl)c(OC)cc(OC)c4C3=O)[C@H](C)CC2=O)ccc1O. The number of aromatic hydroxyl groups is 1. The number of fused-ring (bicyclic) bond motifs is 4. The molecule has 2 aromatic rings. The number of phenols is 1. The molecule has 1 spiro atoms. The first-order valence-corrected chi connectivity index (χ1v) is 15.4. The van der Waals surface area contributed by atoms with Crippen LogP contribution < -0.4 is 24.3 Å². The molecule has 1 amide bonds. The molecule has 4 atom stereocenters. The number of benzene rings is 2. The quantitative estimate of drug-likeness (QED) is 0.384. The molecule has 45 heavy (non-hydrogen) atoms. The zero-order valence-electron chi connectivity index (χ0n) is 25.6. The molecular weight excluding hydrogens is 604 g/mol. The number of piperidine rings is 3. The second-order valence-corrected chi connectivity index (χ2v) is 12.6. The molecule has 3 N–H and O–H groups in total. The summed E-state index contributed by atoms with van der Waals surface area (Å²) in [6.07, 6.45) is 1.66. The van der Waals surface area contributed by atoms with Gasteiger partial charge in [-0.05, 0) is 49.5 Å². The summed E-state index contributed by atoms with van der Waals surface area (Å²) in [4.78, 5) is 44.2. The van der Waals surface area contributed by atoms with Crippen molar-refractivity contribution in [3.8, 4) is 28.7 Å². The third-order valence-electron chi connectivity index (χ3n) is 9.86. The Morgan fingerprint density at radius 3 is 2.40 bits per heavy atom. The molecule has 4 heterocycles. The van der Waals surface area contributed by atoms with Crippen LogP contribution in [0, 0.1) is 11.8 Å². The average molecular weight is 641 g/mol. The Bertz CT molecular complexity index is 1600. The lowest BCUT2D eigenvalue weighted by Gasteiger charge is -2.45. The van der Waals surface area contributed by atoms with Crippen LogP contribution >= 0.6 is 11.6 Å². The van der Waals surface area contributed by atoms with Crippen LogP contribution in [0.3, 0.4) is 0 Å². The lowest BCUT2D eigenvalue weighted by atomic mass is 9.69. The summed E-state index contributed by atoms with van der Waals surface area (Å²) in [5, 5.41) is 25.6. The van der Waals surface area contributed by atoms with E-state index in [1.807, 2.05) is 0 Å². The van der Waals surface area contributed by atoms with Gasteiger partial charge >= 0.3 is 0 Å². The summed E-state index contributed by atoms with van der Waals surface area (Å²) in [5.41, 5.74) is -1.65. The number of hydrogen-bond acceptors (Lipinski definition) is 10. The Labute approximate surface area is 266 Å². The normalized spacial score (nSPS) is 27.7. The number of hydrogen-bond donors (Lipinski definition) is 3. The van der Waals surface area contributed by atoms with Crippen LogP contribution in [0.25, 0.3) is 0 Å². The molecule has 4 aliphatic heterocycles. The Balaban J connectivity index is 1.45. The molecule has 12 heteroatoms. The number of halogens is 1. The van der Waals surface area contributed by atoms with Crippen LogP contribution in [0.1, 0.15) is 54.4 Å². The maximum atomic E-state index is 14.3. The van der Waals surface area contributed by atoms with E-state index in [9.17, 15) is 24.6 Å². The molecule has 11 nitrogen and oxygen atoms in total. The van der Waals surface area contributed by atoms with Gasteiger partial charge in [-0.15, -0.1) is 0 Å². The molecule has 2 bridgehead atoms. The summed E-state index contributed by atoms with van der Waals surface area (Å²) in [6, 6.07) is 5.94. The fraction of sp³-hybridized carbons (Fsp3) is 0.485. The minimum Gasteiger partial charge on any atom is -0.507 e. The number of nitrogens with zero attached hydrogens (tertiary/aromatic N) is 1. The lowest BCUT2D eigenvalue weighted by molar-refractivity contribution is -0.123. The van der Waals surface area contributed by atoms with E-state index < -0.39 is 34.8 Å². The number of Topliss-reactive ketones (excluding diaryl/α,β-unsaturated/α-hetero) is 2. The molecule has 0 saturated carbocycles. The van der Waals surface area contributed by atoms with Crippen LogP contribution in [-0.4, -0.2) is 85.2 Å². The predicted molar refractivity (Wildman–Crippen MR) is 164 cm³/mol. The van der Waals surface area contributed by atoms with E-state index in [0.29, 0.717) is 11.5 Å². The van der Waals surface area contributed by atoms with Crippen molar-refractivity contribution in [1.82, 2.24) is 10.2 Å². The van der Waals surface area contributed by atoms with Crippen molar-refractivity contribution < 1.29 is 43.5 Å². The minimum atomic E-state index is -2.00. The van der Waals surface area contributed by atoms with Crippen molar-refractivity contribution >= 4 is 29.1 Å². The number of aliphatic hydroxyl groups excluding tert-OH is 1. The standard InChI is InChI=1S/C33H37ClN2O9/c1-16-11-22(38)27(31(40)33(16)32(41)28-24(43-3)14-25(44-4)29(34)30(28)45-33)19(18-5-6-21(37)23(12-18)42-2)13-26(39)35-20-15-36-9-7-17(20)8-10-36/h5-6,12,14,16-17,19-20,37,40H,7-11,13,15H2,1-4H3,(H,35,39)/t16-,19?,20?,33+/m1/s1. The molecule has 3 saturated heterocycles. The smallest absolute Gasteiger partial charge is 0.231 e. The van der Waals surface area contributed by atoms with Gasteiger partial charge in [0.25, 0.3) is 0 Å². The van der Waals surface area contributed by atoms with Crippen molar-refractivity contribution in [2.75, 3.05) is 41.0 Å². The van der Waals surface area contributed by atoms with E-state index in [2.05, 4.69) is 10.2 Å². The van der Waals surface area contributed by atoms with Crippen molar-refractivity contribution in [2.45, 2.75) is 50.2 Å². The minimum absolute atomic E-state index is 0.0205. The average Bonchev–Trinajstić information content (AvgIpc) is 3.35. The van der Waals surface area contributed by atoms with Gasteiger partial charge in [-0.2, -0.15) is 0 Å². The molecule has 3 fully saturated rings. The first-order valence-electron chi connectivity index (χ1n) is 15.1. The predicted octanol–water partition coefficient (Wildman–Crippen LogP) is 4.19.